The van der Waals surface area contributed by atoms with E-state index in [0.717, 1.165) is 31.2 Å². The summed E-state index contributed by atoms with van der Waals surface area (Å²) >= 11 is 6.00. The summed E-state index contributed by atoms with van der Waals surface area (Å²) in [6, 6.07) is 16.6. The Morgan fingerprint density at radius 1 is 0.969 bits per heavy atom. The Morgan fingerprint density at radius 2 is 1.66 bits per heavy atom. The van der Waals surface area contributed by atoms with Crippen LogP contribution in [0, 0.1) is 0 Å². The highest BCUT2D eigenvalue weighted by atomic mass is 35.5. The number of benzene rings is 2. The molecule has 5 nitrogen and oxygen atoms in total. The number of rotatable bonds is 5. The molecule has 0 saturated heterocycles. The van der Waals surface area contributed by atoms with Crippen molar-refractivity contribution in [3.8, 4) is 11.3 Å². The van der Waals surface area contributed by atoms with Gasteiger partial charge >= 0.3 is 5.97 Å². The summed E-state index contributed by atoms with van der Waals surface area (Å²) in [6.07, 6.45) is 7.93. The minimum Gasteiger partial charge on any atom is -0.452 e. The molecular weight excluding hydrogens is 424 g/mol. The van der Waals surface area contributed by atoms with Crippen molar-refractivity contribution in [1.29, 1.82) is 0 Å². The van der Waals surface area contributed by atoms with Gasteiger partial charge in [-0.2, -0.15) is 0 Å². The third kappa shape index (κ3) is 5.65. The number of aromatic nitrogens is 1. The fourth-order valence-corrected chi connectivity index (χ4v) is 4.32. The standard InChI is InChI=1S/C26H27ClN2O3/c27-19-14-12-18(13-15-19)24-16-22(21-10-6-7-11-23(21)29-24)26(31)32-17-25(30)28-20-8-4-2-1-3-5-9-20/h6-7,10-16,20H,1-5,8-9,17H2,(H,28,30). The maximum absolute atomic E-state index is 12.9. The van der Waals surface area contributed by atoms with E-state index in [1.54, 1.807) is 18.2 Å². The van der Waals surface area contributed by atoms with Crippen molar-refractivity contribution in [2.24, 2.45) is 0 Å². The number of amides is 1. The second-order valence-corrected chi connectivity index (χ2v) is 8.70. The number of hydrogen-bond donors (Lipinski definition) is 1. The molecule has 6 heteroatoms. The highest BCUT2D eigenvalue weighted by molar-refractivity contribution is 6.30. The Hall–Kier alpha value is -2.92. The molecule has 2 aromatic carbocycles. The summed E-state index contributed by atoms with van der Waals surface area (Å²) in [7, 11) is 0. The van der Waals surface area contributed by atoms with E-state index in [1.165, 1.54) is 19.3 Å². The highest BCUT2D eigenvalue weighted by Gasteiger charge is 2.18. The molecule has 1 saturated carbocycles. The fraction of sp³-hybridized carbons (Fsp3) is 0.346. The van der Waals surface area contributed by atoms with E-state index >= 15 is 0 Å². The van der Waals surface area contributed by atoms with E-state index in [1.807, 2.05) is 36.4 Å². The number of hydrogen-bond acceptors (Lipinski definition) is 4. The van der Waals surface area contributed by atoms with Crippen LogP contribution in [0.3, 0.4) is 0 Å². The normalized spacial score (nSPS) is 15.0. The zero-order valence-electron chi connectivity index (χ0n) is 18.0. The lowest BCUT2D eigenvalue weighted by Crippen LogP contribution is -2.38. The Bertz CT molecular complexity index is 1090. The van der Waals surface area contributed by atoms with Gasteiger partial charge in [-0.25, -0.2) is 9.78 Å². The van der Waals surface area contributed by atoms with Gasteiger partial charge in [-0.05, 0) is 37.1 Å². The molecule has 0 spiro atoms. The van der Waals surface area contributed by atoms with Gasteiger partial charge in [-0.1, -0.05) is 74.0 Å². The Kier molecular flexibility index (Phi) is 7.38. The SMILES string of the molecule is O=C(COC(=O)c1cc(-c2ccc(Cl)cc2)nc2ccccc12)NC1CCCCCCC1. The van der Waals surface area contributed by atoms with Gasteiger partial charge in [0.25, 0.3) is 5.91 Å². The molecule has 1 fully saturated rings. The number of esters is 1. The van der Waals surface area contributed by atoms with Crippen LogP contribution in [0.1, 0.15) is 55.3 Å². The Balaban J connectivity index is 1.48. The lowest BCUT2D eigenvalue weighted by atomic mass is 9.97. The molecule has 0 radical (unpaired) electrons. The van der Waals surface area contributed by atoms with E-state index in [4.69, 9.17) is 16.3 Å². The van der Waals surface area contributed by atoms with Gasteiger partial charge in [-0.15, -0.1) is 0 Å². The average molecular weight is 451 g/mol. The first-order chi connectivity index (χ1) is 15.6. The molecule has 0 unspecified atom stereocenters. The van der Waals surface area contributed by atoms with Crippen LogP contribution in [0.4, 0.5) is 0 Å². The van der Waals surface area contributed by atoms with Crippen LogP contribution in [0.15, 0.2) is 54.6 Å². The summed E-state index contributed by atoms with van der Waals surface area (Å²) in [5.74, 6) is -0.785. The lowest BCUT2D eigenvalue weighted by molar-refractivity contribution is -0.125. The molecule has 1 aromatic heterocycles. The maximum Gasteiger partial charge on any atom is 0.339 e. The van der Waals surface area contributed by atoms with E-state index in [-0.39, 0.29) is 18.6 Å². The van der Waals surface area contributed by atoms with Crippen LogP contribution in [0.5, 0.6) is 0 Å². The molecule has 0 bridgehead atoms. The van der Waals surface area contributed by atoms with Crippen molar-refractivity contribution in [1.82, 2.24) is 10.3 Å². The van der Waals surface area contributed by atoms with Gasteiger partial charge in [0.1, 0.15) is 0 Å². The monoisotopic (exact) mass is 450 g/mol. The molecule has 1 aliphatic rings. The lowest BCUT2D eigenvalue weighted by Gasteiger charge is -2.21. The average Bonchev–Trinajstić information content (AvgIpc) is 2.79. The molecule has 1 amide bonds. The minimum absolute atomic E-state index is 0.166. The maximum atomic E-state index is 12.9. The first kappa shape index (κ1) is 22.3. The molecule has 4 rings (SSSR count). The van der Waals surface area contributed by atoms with Crippen LogP contribution >= 0.6 is 11.6 Å². The molecule has 166 valence electrons. The van der Waals surface area contributed by atoms with E-state index in [9.17, 15) is 9.59 Å². The predicted octanol–water partition coefficient (Wildman–Crippen LogP) is 5.94. The van der Waals surface area contributed by atoms with Crippen molar-refractivity contribution in [2.75, 3.05) is 6.61 Å². The van der Waals surface area contributed by atoms with E-state index in [2.05, 4.69) is 10.3 Å². The van der Waals surface area contributed by atoms with Crippen molar-refractivity contribution in [3.63, 3.8) is 0 Å². The number of carbonyl (C=O) groups is 2. The smallest absolute Gasteiger partial charge is 0.339 e. The molecule has 0 atom stereocenters. The number of fused-ring (bicyclic) bond motifs is 1. The van der Waals surface area contributed by atoms with Crippen LogP contribution in [0.25, 0.3) is 22.2 Å². The third-order valence-corrected chi connectivity index (χ3v) is 6.13. The van der Waals surface area contributed by atoms with Gasteiger partial charge in [0, 0.05) is 22.0 Å². The number of nitrogens with zero attached hydrogens (tertiary/aromatic N) is 1. The topological polar surface area (TPSA) is 68.3 Å². The molecule has 1 aliphatic carbocycles. The molecular formula is C26H27ClN2O3. The summed E-state index contributed by atoms with van der Waals surface area (Å²) in [5, 5.41) is 4.35. The first-order valence-electron chi connectivity index (χ1n) is 11.2. The van der Waals surface area contributed by atoms with Gasteiger partial charge < -0.3 is 10.1 Å². The van der Waals surface area contributed by atoms with Crippen LogP contribution in [0.2, 0.25) is 5.02 Å². The summed E-state index contributed by atoms with van der Waals surface area (Å²) in [5.41, 5.74) is 2.56. The van der Waals surface area contributed by atoms with E-state index < -0.39 is 5.97 Å². The molecule has 32 heavy (non-hydrogen) atoms. The third-order valence-electron chi connectivity index (χ3n) is 5.88. The summed E-state index contributed by atoms with van der Waals surface area (Å²) in [6.45, 7) is -0.289. The van der Waals surface area contributed by atoms with Crippen molar-refractivity contribution in [3.05, 3.63) is 65.2 Å². The van der Waals surface area contributed by atoms with Gasteiger partial charge in [-0.3, -0.25) is 4.79 Å². The van der Waals surface area contributed by atoms with Crippen LogP contribution in [-0.2, 0) is 9.53 Å². The quantitative estimate of drug-likeness (QED) is 0.488. The van der Waals surface area contributed by atoms with Crippen molar-refractivity contribution < 1.29 is 14.3 Å². The fourth-order valence-electron chi connectivity index (χ4n) is 4.19. The number of ether oxygens (including phenoxy) is 1. The Morgan fingerprint density at radius 3 is 2.41 bits per heavy atom. The summed E-state index contributed by atoms with van der Waals surface area (Å²) < 4.78 is 5.41. The van der Waals surface area contributed by atoms with Crippen molar-refractivity contribution in [2.45, 2.75) is 51.0 Å². The predicted molar refractivity (Wildman–Crippen MR) is 127 cm³/mol. The minimum atomic E-state index is -0.536. The van der Waals surface area contributed by atoms with Crippen molar-refractivity contribution >= 4 is 34.4 Å². The summed E-state index contributed by atoms with van der Waals surface area (Å²) in [4.78, 5) is 30.0. The van der Waals surface area contributed by atoms with Crippen LogP contribution < -0.4 is 5.32 Å². The molecule has 3 aromatic rings. The zero-order chi connectivity index (χ0) is 22.3. The number of nitrogens with one attached hydrogen (secondary N) is 1. The Labute approximate surface area is 193 Å². The van der Waals surface area contributed by atoms with E-state index in [0.29, 0.717) is 27.2 Å². The van der Waals surface area contributed by atoms with Gasteiger partial charge in [0.15, 0.2) is 6.61 Å². The molecule has 1 heterocycles. The molecule has 1 N–H and O–H groups in total. The largest absolute Gasteiger partial charge is 0.452 e. The highest BCUT2D eigenvalue weighted by Crippen LogP contribution is 2.26. The number of pyridine rings is 1. The second kappa shape index (κ2) is 10.6. The zero-order valence-corrected chi connectivity index (χ0v) is 18.7. The number of para-hydroxylation sites is 1. The first-order valence-corrected chi connectivity index (χ1v) is 11.6. The number of halogens is 1. The van der Waals surface area contributed by atoms with Gasteiger partial charge in [0.2, 0.25) is 0 Å². The number of carbonyl (C=O) groups excluding carboxylic acids is 2. The molecule has 0 aliphatic heterocycles. The van der Waals surface area contributed by atoms with Crippen LogP contribution in [-0.4, -0.2) is 29.5 Å². The van der Waals surface area contributed by atoms with Gasteiger partial charge in [0.05, 0.1) is 16.8 Å². The second-order valence-electron chi connectivity index (χ2n) is 8.26.